The number of carbonyl (C=O) groups is 3. The number of ether oxygens (including phenoxy) is 6. The molecular formula is C43H38O11. The van der Waals surface area contributed by atoms with Crippen molar-refractivity contribution in [3.8, 4) is 46.0 Å². The van der Waals surface area contributed by atoms with Crippen LogP contribution >= 0.6 is 0 Å². The molecule has 0 aromatic heterocycles. The minimum absolute atomic E-state index is 0.00450. The topological polar surface area (TPSA) is 147 Å². The molecule has 0 radical (unpaired) electrons. The van der Waals surface area contributed by atoms with Gasteiger partial charge in [0.1, 0.15) is 68.3 Å². The van der Waals surface area contributed by atoms with E-state index < -0.39 is 28.9 Å². The Balaban J connectivity index is 1.05. The molecule has 11 heteroatoms. The quantitative estimate of drug-likeness (QED) is 0.0698. The Morgan fingerprint density at radius 2 is 0.981 bits per heavy atom. The third-order valence-electron chi connectivity index (χ3n) is 8.53. The first-order valence-corrected chi connectivity index (χ1v) is 16.9. The van der Waals surface area contributed by atoms with Gasteiger partial charge in [-0.1, -0.05) is 36.4 Å². The standard InChI is InChI=1S/C43H38O11/c1-42(2)21-19-29-33(53-42)23-35(49-5)37(39(29)46)31(44)17-11-25-7-13-27(14-8-25)51-41(48)52-28-15-9-26(10-16-28)12-18-32(45)38-36(50-6)24-34-30(40(38)47)20-22-43(3,4)54-34/h7-24,46-47H,1-6H3. The van der Waals surface area contributed by atoms with Gasteiger partial charge in [-0.2, -0.15) is 0 Å². The Morgan fingerprint density at radius 1 is 0.611 bits per heavy atom. The maximum atomic E-state index is 13.1. The lowest BCUT2D eigenvalue weighted by atomic mass is 9.97. The fourth-order valence-electron chi connectivity index (χ4n) is 5.78. The number of benzene rings is 4. The second-order valence-electron chi connectivity index (χ2n) is 13.5. The summed E-state index contributed by atoms with van der Waals surface area (Å²) in [7, 11) is 2.81. The molecular weight excluding hydrogens is 692 g/mol. The van der Waals surface area contributed by atoms with Gasteiger partial charge in [-0.3, -0.25) is 9.59 Å². The zero-order chi connectivity index (χ0) is 38.8. The smallest absolute Gasteiger partial charge is 0.506 e. The Kier molecular flexibility index (Phi) is 10.1. The van der Waals surface area contributed by atoms with E-state index in [1.165, 1.54) is 50.6 Å². The highest BCUT2D eigenvalue weighted by Crippen LogP contribution is 2.45. The molecule has 0 saturated carbocycles. The van der Waals surface area contributed by atoms with E-state index in [4.69, 9.17) is 28.4 Å². The van der Waals surface area contributed by atoms with Crippen LogP contribution in [-0.4, -0.2) is 53.4 Å². The molecule has 0 aliphatic carbocycles. The number of ketones is 2. The second-order valence-corrected chi connectivity index (χ2v) is 13.5. The number of carbonyl (C=O) groups excluding carboxylic acids is 3. The highest BCUT2D eigenvalue weighted by atomic mass is 16.7. The summed E-state index contributed by atoms with van der Waals surface area (Å²) in [6.45, 7) is 7.51. The summed E-state index contributed by atoms with van der Waals surface area (Å²) in [6.07, 6.45) is 11.8. The van der Waals surface area contributed by atoms with Crippen molar-refractivity contribution in [3.63, 3.8) is 0 Å². The maximum Gasteiger partial charge on any atom is 0.519 e. The molecule has 0 fully saturated rings. The van der Waals surface area contributed by atoms with E-state index in [-0.39, 0.29) is 45.6 Å². The molecule has 2 aliphatic heterocycles. The number of phenolic OH excluding ortho intramolecular Hbond substituents is 2. The van der Waals surface area contributed by atoms with Crippen LogP contribution in [0, 0.1) is 0 Å². The van der Waals surface area contributed by atoms with Crippen LogP contribution in [0.4, 0.5) is 4.79 Å². The molecule has 276 valence electrons. The average molecular weight is 731 g/mol. The van der Waals surface area contributed by atoms with E-state index in [0.29, 0.717) is 33.8 Å². The molecule has 0 saturated heterocycles. The van der Waals surface area contributed by atoms with E-state index in [1.807, 2.05) is 27.7 Å². The molecule has 0 bridgehead atoms. The summed E-state index contributed by atoms with van der Waals surface area (Å²) in [5.74, 6) is 0.153. The van der Waals surface area contributed by atoms with Crippen LogP contribution in [0.3, 0.4) is 0 Å². The van der Waals surface area contributed by atoms with Crippen LogP contribution in [0.1, 0.15) is 70.7 Å². The normalized spacial score (nSPS) is 14.8. The third-order valence-corrected chi connectivity index (χ3v) is 8.53. The van der Waals surface area contributed by atoms with Gasteiger partial charge in [-0.15, -0.1) is 0 Å². The molecule has 11 nitrogen and oxygen atoms in total. The van der Waals surface area contributed by atoms with Crippen molar-refractivity contribution < 1.29 is 53.0 Å². The second kappa shape index (κ2) is 14.7. The fourth-order valence-corrected chi connectivity index (χ4v) is 5.78. The summed E-state index contributed by atoms with van der Waals surface area (Å²) in [4.78, 5) is 38.8. The minimum Gasteiger partial charge on any atom is -0.506 e. The van der Waals surface area contributed by atoms with Crippen molar-refractivity contribution in [3.05, 3.63) is 118 Å². The molecule has 6 rings (SSSR count). The van der Waals surface area contributed by atoms with Gasteiger partial charge in [-0.25, -0.2) is 4.79 Å². The van der Waals surface area contributed by atoms with E-state index >= 15 is 0 Å². The summed E-state index contributed by atoms with van der Waals surface area (Å²) in [6, 6.07) is 15.9. The Bertz CT molecular complexity index is 2100. The molecule has 0 atom stereocenters. The predicted octanol–water partition coefficient (Wildman–Crippen LogP) is 8.85. The molecule has 2 N–H and O–H groups in total. The highest BCUT2D eigenvalue weighted by Gasteiger charge is 2.30. The third kappa shape index (κ3) is 8.00. The van der Waals surface area contributed by atoms with E-state index in [9.17, 15) is 24.6 Å². The fraction of sp³-hybridized carbons (Fsp3) is 0.186. The van der Waals surface area contributed by atoms with Crippen LogP contribution in [0.25, 0.3) is 24.3 Å². The number of methoxy groups -OCH3 is 2. The van der Waals surface area contributed by atoms with E-state index in [1.54, 1.807) is 72.9 Å². The number of rotatable bonds is 10. The molecule has 0 amide bonds. The average Bonchev–Trinajstić information content (AvgIpc) is 3.12. The van der Waals surface area contributed by atoms with Crippen LogP contribution in [0.5, 0.6) is 46.0 Å². The van der Waals surface area contributed by atoms with Gasteiger partial charge >= 0.3 is 6.16 Å². The van der Waals surface area contributed by atoms with Crippen LogP contribution in [-0.2, 0) is 0 Å². The highest BCUT2D eigenvalue weighted by molar-refractivity contribution is 6.12. The largest absolute Gasteiger partial charge is 0.519 e. The van der Waals surface area contributed by atoms with E-state index in [2.05, 4.69) is 0 Å². The van der Waals surface area contributed by atoms with Crippen LogP contribution in [0.2, 0.25) is 0 Å². The molecule has 2 heterocycles. The lowest BCUT2D eigenvalue weighted by Crippen LogP contribution is -2.27. The Morgan fingerprint density at radius 3 is 1.33 bits per heavy atom. The number of hydrogen-bond donors (Lipinski definition) is 2. The molecule has 0 spiro atoms. The maximum absolute atomic E-state index is 13.1. The summed E-state index contributed by atoms with van der Waals surface area (Å²) < 4.78 is 33.2. The molecule has 2 aliphatic rings. The number of hydrogen-bond acceptors (Lipinski definition) is 11. The van der Waals surface area contributed by atoms with Crippen molar-refractivity contribution in [2.45, 2.75) is 38.9 Å². The van der Waals surface area contributed by atoms with Crippen LogP contribution < -0.4 is 28.4 Å². The summed E-state index contributed by atoms with van der Waals surface area (Å²) in [5.41, 5.74) is 0.902. The van der Waals surface area contributed by atoms with Gasteiger partial charge in [-0.05, 0) is 99.5 Å². The van der Waals surface area contributed by atoms with Gasteiger partial charge < -0.3 is 38.6 Å². The molecule has 4 aromatic rings. The van der Waals surface area contributed by atoms with Crippen molar-refractivity contribution in [1.29, 1.82) is 0 Å². The van der Waals surface area contributed by atoms with E-state index in [0.717, 1.165) is 0 Å². The SMILES string of the molecule is COc1cc2c(c(O)c1C(=O)C=Cc1ccc(OC(=O)Oc3ccc(C=CC(=O)c4c(OC)cc5c(c4O)C=CC(C)(C)O5)cc3)cc1)C=CC(C)(C)O2. The van der Waals surface area contributed by atoms with Crippen molar-refractivity contribution in [1.82, 2.24) is 0 Å². The van der Waals surface area contributed by atoms with Gasteiger partial charge in [0, 0.05) is 12.1 Å². The lowest BCUT2D eigenvalue weighted by Gasteiger charge is -2.29. The minimum atomic E-state index is -0.972. The number of aromatic hydroxyl groups is 2. The van der Waals surface area contributed by atoms with Gasteiger partial charge in [0.25, 0.3) is 0 Å². The molecule has 54 heavy (non-hydrogen) atoms. The van der Waals surface area contributed by atoms with Crippen molar-refractivity contribution in [2.24, 2.45) is 0 Å². The Hall–Kier alpha value is -6.75. The summed E-state index contributed by atoms with van der Waals surface area (Å²) in [5, 5.41) is 21.8. The first-order chi connectivity index (χ1) is 25.7. The van der Waals surface area contributed by atoms with Crippen molar-refractivity contribution in [2.75, 3.05) is 14.2 Å². The zero-order valence-electron chi connectivity index (χ0n) is 30.5. The summed E-state index contributed by atoms with van der Waals surface area (Å²) >= 11 is 0. The Labute approximate surface area is 312 Å². The van der Waals surface area contributed by atoms with Crippen LogP contribution in [0.15, 0.2) is 85.0 Å². The molecule has 4 aromatic carbocycles. The number of allylic oxidation sites excluding steroid dienone is 2. The molecule has 0 unspecified atom stereocenters. The first kappa shape index (κ1) is 37.0. The van der Waals surface area contributed by atoms with Crippen molar-refractivity contribution >= 4 is 42.0 Å². The van der Waals surface area contributed by atoms with Gasteiger partial charge in [0.2, 0.25) is 0 Å². The number of phenols is 2. The first-order valence-electron chi connectivity index (χ1n) is 16.9. The number of fused-ring (bicyclic) bond motifs is 2. The zero-order valence-corrected chi connectivity index (χ0v) is 30.5. The predicted molar refractivity (Wildman–Crippen MR) is 203 cm³/mol. The monoisotopic (exact) mass is 730 g/mol. The van der Waals surface area contributed by atoms with Gasteiger partial charge in [0.05, 0.1) is 25.3 Å². The van der Waals surface area contributed by atoms with Gasteiger partial charge in [0.15, 0.2) is 11.6 Å². The lowest BCUT2D eigenvalue weighted by molar-refractivity contribution is 0.103.